The fourth-order valence-electron chi connectivity index (χ4n) is 2.13. The van der Waals surface area contributed by atoms with Crippen molar-refractivity contribution in [3.05, 3.63) is 53.7 Å². The first kappa shape index (κ1) is 21.7. The van der Waals surface area contributed by atoms with Crippen LogP contribution in [0.3, 0.4) is 0 Å². The number of aromatic nitrogens is 1. The topological polar surface area (TPSA) is 71.1 Å². The van der Waals surface area contributed by atoms with Crippen LogP contribution in [-0.2, 0) is 0 Å². The van der Waals surface area contributed by atoms with Gasteiger partial charge in [0.05, 0.1) is 5.56 Å². The monoisotopic (exact) mass is 411 g/mol. The predicted octanol–water partition coefficient (Wildman–Crippen LogP) is 4.86. The van der Waals surface area contributed by atoms with Crippen molar-refractivity contribution < 1.29 is 22.8 Å². The number of alkyl halides is 3. The number of halogens is 3. The Balaban J connectivity index is 2.11. The Morgan fingerprint density at radius 1 is 1.07 bits per heavy atom. The summed E-state index contributed by atoms with van der Waals surface area (Å²) in [6.45, 7) is 5.77. The van der Waals surface area contributed by atoms with E-state index in [0.717, 1.165) is 6.42 Å². The van der Waals surface area contributed by atoms with Gasteiger partial charge in [-0.2, -0.15) is 13.2 Å². The molecule has 9 heteroatoms. The van der Waals surface area contributed by atoms with Gasteiger partial charge in [-0.1, -0.05) is 6.92 Å². The number of carbonyl (C=O) groups excluding carboxylic acids is 2. The number of rotatable bonds is 6. The van der Waals surface area contributed by atoms with Crippen molar-refractivity contribution in [1.29, 1.82) is 0 Å². The van der Waals surface area contributed by atoms with Crippen molar-refractivity contribution in [1.82, 2.24) is 10.3 Å². The molecular formula is C19H20F3N3O2S. The van der Waals surface area contributed by atoms with Crippen LogP contribution in [0.2, 0.25) is 0 Å². The number of benzene rings is 1. The first-order chi connectivity index (χ1) is 13.0. The van der Waals surface area contributed by atoms with Crippen LogP contribution in [0.1, 0.15) is 47.9 Å². The summed E-state index contributed by atoms with van der Waals surface area (Å²) in [4.78, 5) is 28.2. The number of hydrogen-bond donors (Lipinski definition) is 2. The van der Waals surface area contributed by atoms with Gasteiger partial charge in [0.15, 0.2) is 0 Å². The van der Waals surface area contributed by atoms with Crippen LogP contribution in [0.25, 0.3) is 0 Å². The zero-order valence-corrected chi connectivity index (χ0v) is 16.4. The lowest BCUT2D eigenvalue weighted by molar-refractivity contribution is -0.0329. The summed E-state index contributed by atoms with van der Waals surface area (Å²) in [5, 5.41) is 4.99. The van der Waals surface area contributed by atoms with Crippen molar-refractivity contribution >= 4 is 29.3 Å². The Hall–Kier alpha value is -2.55. The second kappa shape index (κ2) is 8.64. The standard InChI is InChI=1S/C19H20F3N3O2S/c1-4-18(2,3)25-15(26)12-7-9-13(10-8-12)24-16(27)14-6-5-11-23-17(14)28-19(20,21)22/h5-11H,4H2,1-3H3,(H,24,27)(H,25,26). The zero-order valence-electron chi connectivity index (χ0n) is 15.6. The number of pyridine rings is 1. The van der Waals surface area contributed by atoms with E-state index in [1.807, 2.05) is 20.8 Å². The van der Waals surface area contributed by atoms with E-state index in [-0.39, 0.29) is 17.0 Å². The molecule has 0 saturated heterocycles. The van der Waals surface area contributed by atoms with E-state index in [9.17, 15) is 22.8 Å². The molecule has 0 saturated carbocycles. The lowest BCUT2D eigenvalue weighted by atomic mass is 10.0. The van der Waals surface area contributed by atoms with Crippen LogP contribution in [0.5, 0.6) is 0 Å². The van der Waals surface area contributed by atoms with Gasteiger partial charge in [-0.3, -0.25) is 9.59 Å². The van der Waals surface area contributed by atoms with Crippen LogP contribution < -0.4 is 10.6 Å². The number of nitrogens with zero attached hydrogens (tertiary/aromatic N) is 1. The average molecular weight is 411 g/mol. The van der Waals surface area contributed by atoms with Gasteiger partial charge in [0, 0.05) is 34.7 Å². The molecule has 0 aliphatic heterocycles. The molecule has 1 heterocycles. The molecule has 0 bridgehead atoms. The number of amides is 2. The van der Waals surface area contributed by atoms with Crippen molar-refractivity contribution in [2.24, 2.45) is 0 Å². The molecule has 5 nitrogen and oxygen atoms in total. The summed E-state index contributed by atoms with van der Waals surface area (Å²) in [6, 6.07) is 8.75. The number of thioether (sulfide) groups is 1. The maximum absolute atomic E-state index is 12.6. The molecule has 1 aromatic carbocycles. The molecular weight excluding hydrogens is 391 g/mol. The van der Waals surface area contributed by atoms with E-state index >= 15 is 0 Å². The van der Waals surface area contributed by atoms with Gasteiger partial charge in [-0.05, 0) is 56.7 Å². The fraction of sp³-hybridized carbons (Fsp3) is 0.316. The summed E-state index contributed by atoms with van der Waals surface area (Å²) in [6.07, 6.45) is 1.95. The maximum Gasteiger partial charge on any atom is 0.447 e. The molecule has 0 fully saturated rings. The van der Waals surface area contributed by atoms with E-state index in [2.05, 4.69) is 15.6 Å². The number of anilines is 1. The summed E-state index contributed by atoms with van der Waals surface area (Å²) >= 11 is -0.445. The van der Waals surface area contributed by atoms with E-state index in [4.69, 9.17) is 0 Å². The van der Waals surface area contributed by atoms with Crippen molar-refractivity contribution in [3.63, 3.8) is 0 Å². The van der Waals surface area contributed by atoms with Crippen LogP contribution in [-0.4, -0.2) is 27.8 Å². The molecule has 150 valence electrons. The minimum atomic E-state index is -4.55. The first-order valence-electron chi connectivity index (χ1n) is 8.45. The van der Waals surface area contributed by atoms with Crippen LogP contribution in [0, 0.1) is 0 Å². The number of nitrogens with one attached hydrogen (secondary N) is 2. The summed E-state index contributed by atoms with van der Waals surface area (Å²) in [5.74, 6) is -0.968. The summed E-state index contributed by atoms with van der Waals surface area (Å²) in [5.41, 5.74) is -4.32. The van der Waals surface area contributed by atoms with E-state index < -0.39 is 28.2 Å². The Morgan fingerprint density at radius 3 is 2.29 bits per heavy atom. The molecule has 1 aromatic heterocycles. The Bertz CT molecular complexity index is 852. The van der Waals surface area contributed by atoms with Gasteiger partial charge >= 0.3 is 5.51 Å². The van der Waals surface area contributed by atoms with Gasteiger partial charge in [-0.25, -0.2) is 4.98 Å². The molecule has 0 unspecified atom stereocenters. The van der Waals surface area contributed by atoms with E-state index in [1.165, 1.54) is 42.6 Å². The van der Waals surface area contributed by atoms with Crippen molar-refractivity contribution in [2.45, 2.75) is 43.3 Å². The molecule has 0 aliphatic carbocycles. The van der Waals surface area contributed by atoms with Crippen LogP contribution in [0.15, 0.2) is 47.6 Å². The average Bonchev–Trinajstić information content (AvgIpc) is 2.61. The quantitative estimate of drug-likeness (QED) is 0.666. The zero-order chi connectivity index (χ0) is 20.9. The molecule has 2 N–H and O–H groups in total. The molecule has 0 atom stereocenters. The highest BCUT2D eigenvalue weighted by Gasteiger charge is 2.32. The highest BCUT2D eigenvalue weighted by molar-refractivity contribution is 8.00. The third kappa shape index (κ3) is 6.26. The van der Waals surface area contributed by atoms with Gasteiger partial charge < -0.3 is 10.6 Å². The van der Waals surface area contributed by atoms with Gasteiger partial charge in [0.2, 0.25) is 0 Å². The van der Waals surface area contributed by atoms with Gasteiger partial charge in [0.25, 0.3) is 11.8 Å². The molecule has 0 radical (unpaired) electrons. The third-order valence-corrected chi connectivity index (χ3v) is 4.72. The second-order valence-electron chi connectivity index (χ2n) is 6.63. The van der Waals surface area contributed by atoms with Crippen LogP contribution >= 0.6 is 11.8 Å². The minimum Gasteiger partial charge on any atom is -0.347 e. The van der Waals surface area contributed by atoms with Crippen molar-refractivity contribution in [2.75, 3.05) is 5.32 Å². The number of carbonyl (C=O) groups is 2. The van der Waals surface area contributed by atoms with Crippen molar-refractivity contribution in [3.8, 4) is 0 Å². The highest BCUT2D eigenvalue weighted by atomic mass is 32.2. The SMILES string of the molecule is CCC(C)(C)NC(=O)c1ccc(NC(=O)c2cccnc2SC(F)(F)F)cc1. The molecule has 0 aliphatic rings. The van der Waals surface area contributed by atoms with E-state index in [1.54, 1.807) is 0 Å². The molecule has 2 amide bonds. The van der Waals surface area contributed by atoms with E-state index in [0.29, 0.717) is 11.3 Å². The predicted molar refractivity (Wildman–Crippen MR) is 102 cm³/mol. The molecule has 2 aromatic rings. The maximum atomic E-state index is 12.6. The molecule has 2 rings (SSSR count). The third-order valence-electron chi connectivity index (χ3n) is 3.97. The first-order valence-corrected chi connectivity index (χ1v) is 9.27. The molecule has 28 heavy (non-hydrogen) atoms. The fourth-order valence-corrected chi connectivity index (χ4v) is 2.73. The normalized spacial score (nSPS) is 11.8. The van der Waals surface area contributed by atoms with Gasteiger partial charge in [0.1, 0.15) is 5.03 Å². The molecule has 0 spiro atoms. The highest BCUT2D eigenvalue weighted by Crippen LogP contribution is 2.37. The largest absolute Gasteiger partial charge is 0.447 e. The Kier molecular flexibility index (Phi) is 6.71. The summed E-state index contributed by atoms with van der Waals surface area (Å²) < 4.78 is 37.9. The lowest BCUT2D eigenvalue weighted by Gasteiger charge is -2.24. The smallest absolute Gasteiger partial charge is 0.347 e. The second-order valence-corrected chi connectivity index (χ2v) is 7.68. The van der Waals surface area contributed by atoms with Crippen LogP contribution in [0.4, 0.5) is 18.9 Å². The minimum absolute atomic E-state index is 0.184. The lowest BCUT2D eigenvalue weighted by Crippen LogP contribution is -2.42. The Morgan fingerprint density at radius 2 is 1.71 bits per heavy atom. The Labute approximate surface area is 165 Å². The number of hydrogen-bond acceptors (Lipinski definition) is 4. The summed E-state index contributed by atoms with van der Waals surface area (Å²) in [7, 11) is 0. The van der Waals surface area contributed by atoms with Gasteiger partial charge in [-0.15, -0.1) is 0 Å².